The minimum absolute atomic E-state index is 0.0407. The van der Waals surface area contributed by atoms with E-state index in [4.69, 9.17) is 4.74 Å². The van der Waals surface area contributed by atoms with Gasteiger partial charge in [-0.3, -0.25) is 14.9 Å². The highest BCUT2D eigenvalue weighted by atomic mass is 16.6. The van der Waals surface area contributed by atoms with E-state index in [1.54, 1.807) is 18.3 Å². The van der Waals surface area contributed by atoms with E-state index in [0.717, 1.165) is 0 Å². The number of aromatic nitrogens is 1. The Kier molecular flexibility index (Phi) is 2.79. The van der Waals surface area contributed by atoms with Crippen LogP contribution < -0.4 is 0 Å². The summed E-state index contributed by atoms with van der Waals surface area (Å²) in [5.41, 5.74) is 0.954. The minimum Gasteiger partial charge on any atom is -0.381 e. The highest BCUT2D eigenvalue weighted by Gasteiger charge is 2.29. The lowest BCUT2D eigenvalue weighted by molar-refractivity contribution is -0.383. The average Bonchev–Trinajstić information content (AvgIpc) is 3.06. The van der Waals surface area contributed by atoms with Gasteiger partial charge in [0.05, 0.1) is 28.0 Å². The third kappa shape index (κ3) is 1.90. The van der Waals surface area contributed by atoms with Crippen LogP contribution in [0.4, 0.5) is 5.69 Å². The number of H-pyrrole nitrogens is 1. The molecule has 1 N–H and O–H groups in total. The van der Waals surface area contributed by atoms with Crippen molar-refractivity contribution >= 4 is 22.4 Å². The maximum absolute atomic E-state index is 12.4. The number of nitrogens with one attached hydrogen (secondary N) is 1. The van der Waals surface area contributed by atoms with Gasteiger partial charge < -0.3 is 9.72 Å². The molecule has 0 amide bonds. The van der Waals surface area contributed by atoms with Crippen LogP contribution in [0.15, 0.2) is 24.4 Å². The van der Waals surface area contributed by atoms with Crippen molar-refractivity contribution in [3.63, 3.8) is 0 Å². The molecule has 19 heavy (non-hydrogen) atoms. The van der Waals surface area contributed by atoms with Gasteiger partial charge in [0.1, 0.15) is 0 Å². The number of non-ortho nitro benzene ring substituents is 1. The number of carbonyl (C=O) groups is 1. The number of hydrogen-bond acceptors (Lipinski definition) is 4. The van der Waals surface area contributed by atoms with Gasteiger partial charge in [-0.15, -0.1) is 0 Å². The smallest absolute Gasteiger partial charge is 0.279 e. The molecule has 0 radical (unpaired) electrons. The van der Waals surface area contributed by atoms with Crippen LogP contribution in [-0.4, -0.2) is 28.9 Å². The topological polar surface area (TPSA) is 85.2 Å². The monoisotopic (exact) mass is 260 g/mol. The number of Topliss-reactive ketones (excluding diaryl/α,β-unsaturated/α-hetero) is 1. The molecule has 98 valence electrons. The van der Waals surface area contributed by atoms with E-state index in [2.05, 4.69) is 4.98 Å². The van der Waals surface area contributed by atoms with Crippen molar-refractivity contribution in [1.29, 1.82) is 0 Å². The molecule has 2 heterocycles. The van der Waals surface area contributed by atoms with E-state index in [1.807, 2.05) is 0 Å². The summed E-state index contributed by atoms with van der Waals surface area (Å²) >= 11 is 0. The predicted molar refractivity (Wildman–Crippen MR) is 68.2 cm³/mol. The molecule has 3 rings (SSSR count). The largest absolute Gasteiger partial charge is 0.381 e. The summed E-state index contributed by atoms with van der Waals surface area (Å²) in [5, 5.41) is 11.5. The Morgan fingerprint density at radius 3 is 3.00 bits per heavy atom. The number of carbonyl (C=O) groups excluding carboxylic acids is 1. The minimum atomic E-state index is -0.460. The molecule has 1 aliphatic heterocycles. The van der Waals surface area contributed by atoms with Gasteiger partial charge in [-0.2, -0.15) is 0 Å². The van der Waals surface area contributed by atoms with Gasteiger partial charge in [-0.05, 0) is 12.5 Å². The number of ketones is 1. The lowest BCUT2D eigenvalue weighted by Gasteiger charge is -2.05. The summed E-state index contributed by atoms with van der Waals surface area (Å²) < 4.78 is 5.20. The third-order valence-corrected chi connectivity index (χ3v) is 3.45. The molecule has 1 aromatic heterocycles. The van der Waals surface area contributed by atoms with Crippen LogP contribution in [-0.2, 0) is 4.74 Å². The van der Waals surface area contributed by atoms with Gasteiger partial charge >= 0.3 is 0 Å². The number of nitro groups is 1. The van der Waals surface area contributed by atoms with Crippen LogP contribution in [0.2, 0.25) is 0 Å². The Morgan fingerprint density at radius 2 is 2.32 bits per heavy atom. The van der Waals surface area contributed by atoms with Crippen LogP contribution in [0.5, 0.6) is 0 Å². The third-order valence-electron chi connectivity index (χ3n) is 3.45. The normalized spacial score (nSPS) is 18.8. The molecular weight excluding hydrogens is 248 g/mol. The second kappa shape index (κ2) is 4.47. The number of nitrogens with zero attached hydrogens (tertiary/aromatic N) is 1. The van der Waals surface area contributed by atoms with Crippen LogP contribution in [0.25, 0.3) is 10.9 Å². The lowest BCUT2D eigenvalue weighted by Crippen LogP contribution is -2.14. The molecule has 0 saturated carbocycles. The molecule has 1 fully saturated rings. The van der Waals surface area contributed by atoms with Crippen LogP contribution >= 0.6 is 0 Å². The molecule has 1 aromatic carbocycles. The average molecular weight is 260 g/mol. The molecule has 0 spiro atoms. The van der Waals surface area contributed by atoms with Crippen molar-refractivity contribution in [2.75, 3.05) is 13.2 Å². The Morgan fingerprint density at radius 1 is 1.47 bits per heavy atom. The fourth-order valence-corrected chi connectivity index (χ4v) is 2.47. The van der Waals surface area contributed by atoms with Crippen molar-refractivity contribution < 1.29 is 14.5 Å². The molecule has 0 aliphatic carbocycles. The van der Waals surface area contributed by atoms with Crippen molar-refractivity contribution in [2.24, 2.45) is 5.92 Å². The Balaban J connectivity index is 2.13. The quantitative estimate of drug-likeness (QED) is 0.521. The number of rotatable bonds is 3. The van der Waals surface area contributed by atoms with E-state index >= 15 is 0 Å². The summed E-state index contributed by atoms with van der Waals surface area (Å²) in [7, 11) is 0. The number of benzene rings is 1. The lowest BCUT2D eigenvalue weighted by atomic mass is 9.96. The maximum Gasteiger partial charge on any atom is 0.279 e. The highest BCUT2D eigenvalue weighted by molar-refractivity contribution is 6.11. The maximum atomic E-state index is 12.4. The van der Waals surface area contributed by atoms with Crippen molar-refractivity contribution in [3.05, 3.63) is 40.1 Å². The zero-order valence-corrected chi connectivity index (χ0v) is 10.1. The molecule has 1 aliphatic rings. The number of hydrogen-bond donors (Lipinski definition) is 1. The van der Waals surface area contributed by atoms with Gasteiger partial charge in [0.2, 0.25) is 0 Å². The van der Waals surface area contributed by atoms with E-state index < -0.39 is 4.92 Å². The fourth-order valence-electron chi connectivity index (χ4n) is 2.47. The van der Waals surface area contributed by atoms with Gasteiger partial charge in [-0.25, -0.2) is 0 Å². The van der Waals surface area contributed by atoms with Crippen molar-refractivity contribution in [1.82, 2.24) is 4.98 Å². The first-order chi connectivity index (χ1) is 9.18. The van der Waals surface area contributed by atoms with Gasteiger partial charge in [-0.1, -0.05) is 6.07 Å². The summed E-state index contributed by atoms with van der Waals surface area (Å²) in [6, 6.07) is 4.74. The zero-order valence-electron chi connectivity index (χ0n) is 10.1. The molecule has 1 saturated heterocycles. The number of fused-ring (bicyclic) bond motifs is 1. The molecular formula is C13H12N2O4. The Labute approximate surface area is 108 Å². The van der Waals surface area contributed by atoms with Gasteiger partial charge in [0, 0.05) is 24.8 Å². The predicted octanol–water partition coefficient (Wildman–Crippen LogP) is 2.30. The molecule has 6 heteroatoms. The summed E-state index contributed by atoms with van der Waals surface area (Å²) in [6.45, 7) is 0.965. The van der Waals surface area contributed by atoms with E-state index in [0.29, 0.717) is 36.1 Å². The molecule has 1 unspecified atom stereocenters. The Hall–Kier alpha value is -2.21. The zero-order chi connectivity index (χ0) is 13.4. The first-order valence-corrected chi connectivity index (χ1v) is 6.05. The molecule has 6 nitrogen and oxygen atoms in total. The summed E-state index contributed by atoms with van der Waals surface area (Å²) in [6.07, 6.45) is 2.23. The summed E-state index contributed by atoms with van der Waals surface area (Å²) in [5.74, 6) is -0.281. The Bertz CT molecular complexity index is 656. The van der Waals surface area contributed by atoms with Crippen molar-refractivity contribution in [2.45, 2.75) is 6.42 Å². The van der Waals surface area contributed by atoms with E-state index in [9.17, 15) is 14.9 Å². The first kappa shape index (κ1) is 11.9. The number of aromatic amines is 1. The van der Waals surface area contributed by atoms with Crippen molar-refractivity contribution in [3.8, 4) is 0 Å². The molecule has 2 aromatic rings. The van der Waals surface area contributed by atoms with E-state index in [1.165, 1.54) is 6.07 Å². The molecule has 0 bridgehead atoms. The number of ether oxygens (including phenoxy) is 1. The molecule has 1 atom stereocenters. The summed E-state index contributed by atoms with van der Waals surface area (Å²) in [4.78, 5) is 25.9. The standard InChI is InChI=1S/C13H12N2O4/c16-13(8-4-5-19-7-8)9-6-14-10-2-1-3-11(12(9)10)15(17)18/h1-3,6,8,14H,4-5,7H2. The van der Waals surface area contributed by atoms with Gasteiger partial charge in [0.15, 0.2) is 5.78 Å². The van der Waals surface area contributed by atoms with E-state index in [-0.39, 0.29) is 17.4 Å². The first-order valence-electron chi connectivity index (χ1n) is 6.05. The number of nitro benzene ring substituents is 1. The van der Waals surface area contributed by atoms with Crippen LogP contribution in [0.3, 0.4) is 0 Å². The second-order valence-electron chi connectivity index (χ2n) is 4.58. The SMILES string of the molecule is O=C(c1c[nH]c2cccc([N+](=O)[O-])c12)C1CCOC1. The van der Waals surface area contributed by atoms with Crippen LogP contribution in [0, 0.1) is 16.0 Å². The fraction of sp³-hybridized carbons (Fsp3) is 0.308. The highest BCUT2D eigenvalue weighted by Crippen LogP contribution is 2.31. The van der Waals surface area contributed by atoms with Crippen LogP contribution in [0.1, 0.15) is 16.8 Å². The van der Waals surface area contributed by atoms with Gasteiger partial charge in [0.25, 0.3) is 5.69 Å². The second-order valence-corrected chi connectivity index (χ2v) is 4.58.